The Morgan fingerprint density at radius 1 is 1.45 bits per heavy atom. The maximum Gasteiger partial charge on any atom is 1.00 e. The quantitative estimate of drug-likeness (QED) is 0.243. The van der Waals surface area contributed by atoms with E-state index in [1.54, 1.807) is 0 Å². The second-order valence-corrected chi connectivity index (χ2v) is 2.81. The normalized spacial score (nSPS) is 7.36. The summed E-state index contributed by atoms with van der Waals surface area (Å²) in [6.07, 6.45) is 3.46. The van der Waals surface area contributed by atoms with Crippen LogP contribution >= 0.6 is 12.2 Å². The van der Waals surface area contributed by atoms with Gasteiger partial charge in [-0.25, -0.2) is 0 Å². The summed E-state index contributed by atoms with van der Waals surface area (Å²) in [6.45, 7) is 2.84. The van der Waals surface area contributed by atoms with E-state index in [1.807, 2.05) is 0 Å². The summed E-state index contributed by atoms with van der Waals surface area (Å²) in [4.78, 5) is 0. The van der Waals surface area contributed by atoms with Gasteiger partial charge in [0.05, 0.1) is 6.61 Å². The second kappa shape index (κ2) is 14.2. The van der Waals surface area contributed by atoms with Crippen molar-refractivity contribution in [2.24, 2.45) is 0 Å². The van der Waals surface area contributed by atoms with E-state index in [-0.39, 0.29) is 61.2 Å². The van der Waals surface area contributed by atoms with Crippen LogP contribution < -0.4 is 51.4 Å². The molecule has 0 bridgehead atoms. The molecule has 0 amide bonds. The maximum atomic E-state index is 4.89. The van der Waals surface area contributed by atoms with Crippen molar-refractivity contribution in [3.63, 3.8) is 0 Å². The Morgan fingerprint density at radius 3 is 2.36 bits per heavy atom. The van der Waals surface area contributed by atoms with Crippen LogP contribution in [0.2, 0.25) is 0 Å². The van der Waals surface area contributed by atoms with Gasteiger partial charge in [0.2, 0.25) is 0 Å². The first-order chi connectivity index (χ1) is 4.27. The van der Waals surface area contributed by atoms with E-state index in [0.29, 0.717) is 6.61 Å². The summed E-state index contributed by atoms with van der Waals surface area (Å²) in [5.74, 6) is 0. The number of hydrogen-bond donors (Lipinski definition) is 0. The SMILES string of the molecule is CCCCCOC(=S)[S-].O.[K+]. The third kappa shape index (κ3) is 18.6. The van der Waals surface area contributed by atoms with Gasteiger partial charge >= 0.3 is 51.4 Å². The van der Waals surface area contributed by atoms with E-state index in [4.69, 9.17) is 4.74 Å². The Balaban J connectivity index is -0.000000320. The van der Waals surface area contributed by atoms with Gasteiger partial charge < -0.3 is 35.1 Å². The van der Waals surface area contributed by atoms with Gasteiger partial charge in [-0.3, -0.25) is 0 Å². The molecule has 0 aliphatic rings. The van der Waals surface area contributed by atoms with Crippen LogP contribution in [0, 0.1) is 0 Å². The van der Waals surface area contributed by atoms with Crippen molar-refractivity contribution in [3.05, 3.63) is 0 Å². The van der Waals surface area contributed by atoms with Gasteiger partial charge in [-0.1, -0.05) is 19.8 Å². The predicted molar refractivity (Wildman–Crippen MR) is 49.1 cm³/mol. The van der Waals surface area contributed by atoms with Gasteiger partial charge in [0.15, 0.2) is 0 Å². The average molecular weight is 220 g/mol. The van der Waals surface area contributed by atoms with Crippen molar-refractivity contribution in [2.75, 3.05) is 6.61 Å². The number of ether oxygens (including phenoxy) is 1. The van der Waals surface area contributed by atoms with E-state index >= 15 is 0 Å². The van der Waals surface area contributed by atoms with Gasteiger partial charge in [0.25, 0.3) is 0 Å². The van der Waals surface area contributed by atoms with Gasteiger partial charge in [-0.05, 0) is 6.42 Å². The fraction of sp³-hybridized carbons (Fsp3) is 0.833. The van der Waals surface area contributed by atoms with E-state index in [0.717, 1.165) is 6.42 Å². The number of unbranched alkanes of at least 4 members (excludes halogenated alkanes) is 2. The molecule has 2 N–H and O–H groups in total. The fourth-order valence-corrected chi connectivity index (χ4v) is 0.674. The summed E-state index contributed by atoms with van der Waals surface area (Å²) >= 11 is 9.08. The Labute approximate surface area is 122 Å². The molecule has 0 heterocycles. The molecule has 0 saturated heterocycles. The predicted octanol–water partition coefficient (Wildman–Crippen LogP) is -1.80. The van der Waals surface area contributed by atoms with E-state index in [9.17, 15) is 0 Å². The van der Waals surface area contributed by atoms with Crippen LogP contribution in [-0.2, 0) is 17.4 Å². The van der Waals surface area contributed by atoms with Crippen molar-refractivity contribution in [1.82, 2.24) is 0 Å². The van der Waals surface area contributed by atoms with Gasteiger partial charge in [-0.2, -0.15) is 0 Å². The minimum absolute atomic E-state index is 0. The number of hydrogen-bond acceptors (Lipinski definition) is 3. The van der Waals surface area contributed by atoms with Crippen LogP contribution in [-0.4, -0.2) is 16.5 Å². The van der Waals surface area contributed by atoms with Crippen LogP contribution in [0.3, 0.4) is 0 Å². The minimum atomic E-state index is 0. The summed E-state index contributed by atoms with van der Waals surface area (Å²) in [5, 5.41) is 0. The number of rotatable bonds is 4. The van der Waals surface area contributed by atoms with Gasteiger partial charge in [0.1, 0.15) is 0 Å². The molecule has 0 rings (SSSR count). The van der Waals surface area contributed by atoms with Crippen LogP contribution in [0.25, 0.3) is 0 Å². The molecule has 0 aliphatic heterocycles. The zero-order valence-electron chi connectivity index (χ0n) is 7.05. The van der Waals surface area contributed by atoms with Crippen LogP contribution in [0.4, 0.5) is 0 Å². The molecule has 0 aromatic heterocycles. The molecule has 0 fully saturated rings. The molecule has 62 valence electrons. The van der Waals surface area contributed by atoms with Crippen molar-refractivity contribution in [3.8, 4) is 0 Å². The molecular weight excluding hydrogens is 207 g/mol. The molecule has 0 radical (unpaired) electrons. The van der Waals surface area contributed by atoms with E-state index in [1.165, 1.54) is 12.8 Å². The molecule has 0 aromatic carbocycles. The molecule has 5 heteroatoms. The summed E-state index contributed by atoms with van der Waals surface area (Å²) in [6, 6.07) is 0. The Hall–Kier alpha value is 1.71. The smallest absolute Gasteiger partial charge is 0.514 e. The molecule has 2 nitrogen and oxygen atoms in total. The standard InChI is InChI=1S/C6H12OS2.K.H2O/c1-2-3-4-5-7-6(8)9;;/h2-5H2,1H3,(H,8,9);;1H2/q;+1;/p-1. The first-order valence-corrected chi connectivity index (χ1v) is 3.92. The molecular formula is C6H13KO2S2. The van der Waals surface area contributed by atoms with Gasteiger partial charge in [0, 0.05) is 4.38 Å². The third-order valence-corrected chi connectivity index (χ3v) is 1.20. The Morgan fingerprint density at radius 2 is 2.00 bits per heavy atom. The number of thiocarbonyl (C=S) groups is 1. The Kier molecular flexibility index (Phi) is 23.9. The monoisotopic (exact) mass is 220 g/mol. The van der Waals surface area contributed by atoms with Crippen molar-refractivity contribution in [2.45, 2.75) is 26.2 Å². The zero-order chi connectivity index (χ0) is 7.11. The van der Waals surface area contributed by atoms with Gasteiger partial charge in [-0.15, -0.1) is 0 Å². The molecule has 0 aromatic rings. The average Bonchev–Trinajstić information content (AvgIpc) is 1.80. The molecule has 0 aliphatic carbocycles. The second-order valence-electron chi connectivity index (χ2n) is 1.81. The van der Waals surface area contributed by atoms with Crippen LogP contribution in [0.5, 0.6) is 0 Å². The van der Waals surface area contributed by atoms with E-state index < -0.39 is 0 Å². The first-order valence-electron chi connectivity index (χ1n) is 3.11. The van der Waals surface area contributed by atoms with Crippen molar-refractivity contribution < 1.29 is 61.6 Å². The summed E-state index contributed by atoms with van der Waals surface area (Å²) in [5.41, 5.74) is 0. The minimum Gasteiger partial charge on any atom is -0.514 e. The Bertz CT molecular complexity index is 90.7. The molecule has 11 heavy (non-hydrogen) atoms. The fourth-order valence-electron chi connectivity index (χ4n) is 0.508. The largest absolute Gasteiger partial charge is 1.00 e. The van der Waals surface area contributed by atoms with Crippen LogP contribution in [0.1, 0.15) is 26.2 Å². The first kappa shape index (κ1) is 18.5. The summed E-state index contributed by atoms with van der Waals surface area (Å²) < 4.78 is 5.13. The maximum absolute atomic E-state index is 4.89. The topological polar surface area (TPSA) is 40.7 Å². The molecule has 0 atom stereocenters. The third-order valence-electron chi connectivity index (χ3n) is 0.968. The van der Waals surface area contributed by atoms with Crippen LogP contribution in [0.15, 0.2) is 0 Å². The summed E-state index contributed by atoms with van der Waals surface area (Å²) in [7, 11) is 0. The molecule has 0 saturated carbocycles. The van der Waals surface area contributed by atoms with E-state index in [2.05, 4.69) is 31.8 Å². The van der Waals surface area contributed by atoms with Crippen molar-refractivity contribution in [1.29, 1.82) is 0 Å². The van der Waals surface area contributed by atoms with Crippen molar-refractivity contribution >= 4 is 29.2 Å². The molecule has 0 spiro atoms. The molecule has 0 unspecified atom stereocenters. The zero-order valence-corrected chi connectivity index (χ0v) is 11.8.